The summed E-state index contributed by atoms with van der Waals surface area (Å²) in [6.45, 7) is 2.05. The highest BCUT2D eigenvalue weighted by atomic mass is 19.1. The Kier molecular flexibility index (Phi) is 3.46. The topological polar surface area (TPSA) is 29.1 Å². The minimum absolute atomic E-state index is 0.138. The Morgan fingerprint density at radius 1 is 1.24 bits per heavy atom. The summed E-state index contributed by atoms with van der Waals surface area (Å²) in [4.78, 5) is 12.0. The van der Waals surface area contributed by atoms with Crippen LogP contribution in [0.5, 0.6) is 0 Å². The lowest BCUT2D eigenvalue weighted by molar-refractivity contribution is 0.0878. The standard InChI is InChI=1S/C14H18FNO/c1-14(9-5-2-6-10-14)16-13(17)11-7-3-4-8-12(11)15/h3-4,7-8H,2,5-6,9-10H2,1H3,(H,16,17). The molecule has 1 aromatic carbocycles. The van der Waals surface area contributed by atoms with Crippen molar-refractivity contribution < 1.29 is 9.18 Å². The third-order valence-electron chi connectivity index (χ3n) is 3.49. The zero-order valence-corrected chi connectivity index (χ0v) is 10.1. The molecule has 0 radical (unpaired) electrons. The fourth-order valence-corrected chi connectivity index (χ4v) is 2.44. The number of halogens is 1. The molecule has 1 N–H and O–H groups in total. The molecule has 17 heavy (non-hydrogen) atoms. The molecule has 1 amide bonds. The normalized spacial score (nSPS) is 18.7. The van der Waals surface area contributed by atoms with Crippen molar-refractivity contribution in [3.05, 3.63) is 35.6 Å². The number of nitrogens with one attached hydrogen (secondary N) is 1. The minimum Gasteiger partial charge on any atom is -0.347 e. The number of hydrogen-bond donors (Lipinski definition) is 1. The van der Waals surface area contributed by atoms with Crippen LogP contribution in [0.2, 0.25) is 0 Å². The second-order valence-electron chi connectivity index (χ2n) is 5.06. The Bertz CT molecular complexity index is 410. The summed E-state index contributed by atoms with van der Waals surface area (Å²) in [5.41, 5.74) is -0.0308. The summed E-state index contributed by atoms with van der Waals surface area (Å²) in [5, 5.41) is 2.97. The van der Waals surface area contributed by atoms with Crippen molar-refractivity contribution >= 4 is 5.91 Å². The maximum absolute atomic E-state index is 13.5. The molecule has 1 aliphatic carbocycles. The smallest absolute Gasteiger partial charge is 0.254 e. The van der Waals surface area contributed by atoms with E-state index in [-0.39, 0.29) is 17.0 Å². The van der Waals surface area contributed by atoms with Gasteiger partial charge < -0.3 is 5.32 Å². The van der Waals surface area contributed by atoms with E-state index in [9.17, 15) is 9.18 Å². The lowest BCUT2D eigenvalue weighted by Gasteiger charge is -2.34. The molecule has 0 atom stereocenters. The predicted octanol–water partition coefficient (Wildman–Crippen LogP) is 3.28. The van der Waals surface area contributed by atoms with E-state index in [1.54, 1.807) is 12.1 Å². The first-order chi connectivity index (χ1) is 8.11. The van der Waals surface area contributed by atoms with Crippen molar-refractivity contribution in [1.29, 1.82) is 0 Å². The maximum atomic E-state index is 13.5. The summed E-state index contributed by atoms with van der Waals surface area (Å²) < 4.78 is 13.5. The van der Waals surface area contributed by atoms with Crippen LogP contribution in [-0.2, 0) is 0 Å². The average Bonchev–Trinajstić information content (AvgIpc) is 2.29. The summed E-state index contributed by atoms with van der Waals surface area (Å²) in [6.07, 6.45) is 5.45. The Hall–Kier alpha value is -1.38. The third kappa shape index (κ3) is 2.84. The van der Waals surface area contributed by atoms with Gasteiger partial charge in [-0.05, 0) is 31.9 Å². The first kappa shape index (κ1) is 12.1. The van der Waals surface area contributed by atoms with Crippen LogP contribution >= 0.6 is 0 Å². The first-order valence-corrected chi connectivity index (χ1v) is 6.18. The fraction of sp³-hybridized carbons (Fsp3) is 0.500. The molecule has 1 aliphatic rings. The first-order valence-electron chi connectivity index (χ1n) is 6.18. The summed E-state index contributed by atoms with van der Waals surface area (Å²) in [6, 6.07) is 6.12. The van der Waals surface area contributed by atoms with Crippen molar-refractivity contribution in [2.45, 2.75) is 44.6 Å². The molecule has 0 unspecified atom stereocenters. The van der Waals surface area contributed by atoms with Gasteiger partial charge in [0, 0.05) is 5.54 Å². The van der Waals surface area contributed by atoms with Gasteiger partial charge in [-0.2, -0.15) is 0 Å². The second-order valence-corrected chi connectivity index (χ2v) is 5.06. The zero-order valence-electron chi connectivity index (χ0n) is 10.1. The molecule has 0 bridgehead atoms. The van der Waals surface area contributed by atoms with Gasteiger partial charge in [0.1, 0.15) is 5.82 Å². The van der Waals surface area contributed by atoms with Gasteiger partial charge in [-0.25, -0.2) is 4.39 Å². The molecule has 1 aromatic rings. The van der Waals surface area contributed by atoms with Gasteiger partial charge in [-0.15, -0.1) is 0 Å². The van der Waals surface area contributed by atoms with Gasteiger partial charge in [-0.1, -0.05) is 31.4 Å². The highest BCUT2D eigenvalue weighted by Gasteiger charge is 2.29. The van der Waals surface area contributed by atoms with Gasteiger partial charge in [0.25, 0.3) is 5.91 Å². The number of amides is 1. The number of hydrogen-bond acceptors (Lipinski definition) is 1. The highest BCUT2D eigenvalue weighted by molar-refractivity contribution is 5.94. The number of rotatable bonds is 2. The van der Waals surface area contributed by atoms with Gasteiger partial charge in [0.05, 0.1) is 5.56 Å². The Labute approximate surface area is 101 Å². The van der Waals surface area contributed by atoms with E-state index in [1.165, 1.54) is 18.6 Å². The van der Waals surface area contributed by atoms with Gasteiger partial charge in [-0.3, -0.25) is 4.79 Å². The van der Waals surface area contributed by atoms with Gasteiger partial charge >= 0.3 is 0 Å². The number of carbonyl (C=O) groups excluding carboxylic acids is 1. The van der Waals surface area contributed by atoms with E-state index in [4.69, 9.17) is 0 Å². The molecule has 1 fully saturated rings. The Balaban J connectivity index is 2.09. The summed E-state index contributed by atoms with van der Waals surface area (Å²) >= 11 is 0. The fourth-order valence-electron chi connectivity index (χ4n) is 2.44. The van der Waals surface area contributed by atoms with Crippen LogP contribution in [-0.4, -0.2) is 11.4 Å². The van der Waals surface area contributed by atoms with Crippen LogP contribution in [0.4, 0.5) is 4.39 Å². The Morgan fingerprint density at radius 3 is 2.53 bits per heavy atom. The largest absolute Gasteiger partial charge is 0.347 e. The molecule has 0 aromatic heterocycles. The molecule has 0 aliphatic heterocycles. The molecule has 3 heteroatoms. The lowest BCUT2D eigenvalue weighted by atomic mass is 9.83. The van der Waals surface area contributed by atoms with Gasteiger partial charge in [0.2, 0.25) is 0 Å². The van der Waals surface area contributed by atoms with E-state index < -0.39 is 5.82 Å². The number of benzene rings is 1. The lowest BCUT2D eigenvalue weighted by Crippen LogP contribution is -2.47. The van der Waals surface area contributed by atoms with Crippen LogP contribution in [0, 0.1) is 5.82 Å². The van der Waals surface area contributed by atoms with E-state index in [2.05, 4.69) is 5.32 Å². The molecule has 2 nitrogen and oxygen atoms in total. The van der Waals surface area contributed by atoms with Crippen LogP contribution in [0.15, 0.2) is 24.3 Å². The van der Waals surface area contributed by atoms with Crippen LogP contribution in [0.3, 0.4) is 0 Å². The highest BCUT2D eigenvalue weighted by Crippen LogP contribution is 2.27. The molecule has 2 rings (SSSR count). The van der Waals surface area contributed by atoms with Crippen molar-refractivity contribution in [2.24, 2.45) is 0 Å². The SMILES string of the molecule is CC1(NC(=O)c2ccccc2F)CCCCC1. The molecule has 0 spiro atoms. The molecular formula is C14H18FNO. The van der Waals surface area contributed by atoms with Crippen LogP contribution < -0.4 is 5.32 Å². The van der Waals surface area contributed by atoms with Crippen molar-refractivity contribution in [1.82, 2.24) is 5.32 Å². The maximum Gasteiger partial charge on any atom is 0.254 e. The van der Waals surface area contributed by atoms with Crippen molar-refractivity contribution in [3.8, 4) is 0 Å². The predicted molar refractivity (Wildman–Crippen MR) is 65.4 cm³/mol. The van der Waals surface area contributed by atoms with E-state index in [1.807, 2.05) is 6.92 Å². The summed E-state index contributed by atoms with van der Waals surface area (Å²) in [7, 11) is 0. The van der Waals surface area contributed by atoms with Gasteiger partial charge in [0.15, 0.2) is 0 Å². The quantitative estimate of drug-likeness (QED) is 0.837. The van der Waals surface area contributed by atoms with E-state index >= 15 is 0 Å². The number of carbonyl (C=O) groups is 1. The Morgan fingerprint density at radius 2 is 1.88 bits per heavy atom. The molecule has 0 saturated heterocycles. The van der Waals surface area contributed by atoms with E-state index in [0.29, 0.717) is 0 Å². The van der Waals surface area contributed by atoms with E-state index in [0.717, 1.165) is 25.7 Å². The third-order valence-corrected chi connectivity index (χ3v) is 3.49. The van der Waals surface area contributed by atoms with Crippen molar-refractivity contribution in [3.63, 3.8) is 0 Å². The molecule has 92 valence electrons. The molecule has 1 saturated carbocycles. The molecule has 0 heterocycles. The average molecular weight is 235 g/mol. The summed E-state index contributed by atoms with van der Waals surface area (Å²) in [5.74, 6) is -0.753. The van der Waals surface area contributed by atoms with Crippen molar-refractivity contribution in [2.75, 3.05) is 0 Å². The minimum atomic E-state index is -0.454. The molecular weight excluding hydrogens is 217 g/mol. The van der Waals surface area contributed by atoms with Crippen LogP contribution in [0.1, 0.15) is 49.4 Å². The zero-order chi connectivity index (χ0) is 12.3. The second kappa shape index (κ2) is 4.86. The monoisotopic (exact) mass is 235 g/mol. The van der Waals surface area contributed by atoms with Crippen LogP contribution in [0.25, 0.3) is 0 Å².